The molecule has 172 valence electrons. The standard InChI is InChI=1S/C24H28FNO6/c1-5-31-10-11-32-24(29)19-14(3)26-17-12-13(2)18(23(28)30-4)22(27)21(17)20(19)15-8-6-7-9-16(15)25/h6-9,13,18,20,26H,5,10-12H2,1-4H3/t13-,18-,20+/m1/s1. The zero-order valence-electron chi connectivity index (χ0n) is 18.7. The molecular weight excluding hydrogens is 417 g/mol. The van der Waals surface area contributed by atoms with Gasteiger partial charge in [-0.3, -0.25) is 9.59 Å². The number of ether oxygens (including phenoxy) is 3. The summed E-state index contributed by atoms with van der Waals surface area (Å²) in [6.07, 6.45) is 0.385. The van der Waals surface area contributed by atoms with E-state index in [0.717, 1.165) is 0 Å². The highest BCUT2D eigenvalue weighted by molar-refractivity contribution is 6.12. The Labute approximate surface area is 186 Å². The first-order chi connectivity index (χ1) is 15.3. The van der Waals surface area contributed by atoms with Gasteiger partial charge in [0, 0.05) is 29.1 Å². The second kappa shape index (κ2) is 10.1. The molecule has 1 aliphatic carbocycles. The van der Waals surface area contributed by atoms with Crippen molar-refractivity contribution in [2.24, 2.45) is 11.8 Å². The van der Waals surface area contributed by atoms with Crippen LogP contribution in [0.15, 0.2) is 46.8 Å². The molecular formula is C24H28FNO6. The number of esters is 2. The SMILES string of the molecule is CCOCCOC(=O)C1=C(C)NC2=C(C(=O)[C@H](C(=O)OC)[C@H](C)C2)[C@H]1c1ccccc1F. The Bertz CT molecular complexity index is 982. The van der Waals surface area contributed by atoms with Crippen molar-refractivity contribution < 1.29 is 33.0 Å². The zero-order chi connectivity index (χ0) is 23.4. The molecule has 1 aliphatic heterocycles. The van der Waals surface area contributed by atoms with Gasteiger partial charge in [0.1, 0.15) is 18.3 Å². The molecule has 0 aromatic heterocycles. The van der Waals surface area contributed by atoms with E-state index in [0.29, 0.717) is 24.4 Å². The summed E-state index contributed by atoms with van der Waals surface area (Å²) in [6, 6.07) is 5.99. The number of nitrogens with one attached hydrogen (secondary N) is 1. The molecule has 0 amide bonds. The molecule has 1 aromatic rings. The van der Waals surface area contributed by atoms with E-state index in [2.05, 4.69) is 5.32 Å². The van der Waals surface area contributed by atoms with Crippen LogP contribution in [0.4, 0.5) is 4.39 Å². The first kappa shape index (κ1) is 23.7. The first-order valence-corrected chi connectivity index (χ1v) is 10.6. The minimum absolute atomic E-state index is 0.0229. The molecule has 0 spiro atoms. The topological polar surface area (TPSA) is 90.9 Å². The third-order valence-electron chi connectivity index (χ3n) is 5.84. The second-order valence-corrected chi connectivity index (χ2v) is 7.89. The minimum atomic E-state index is -1.02. The number of carbonyl (C=O) groups excluding carboxylic acids is 3. The highest BCUT2D eigenvalue weighted by atomic mass is 19.1. The largest absolute Gasteiger partial charge is 0.468 e. The summed E-state index contributed by atoms with van der Waals surface area (Å²) in [5.41, 5.74) is 1.57. The fraction of sp³-hybridized carbons (Fsp3) is 0.458. The van der Waals surface area contributed by atoms with Crippen molar-refractivity contribution in [1.82, 2.24) is 5.32 Å². The monoisotopic (exact) mass is 445 g/mol. The zero-order valence-corrected chi connectivity index (χ0v) is 18.7. The number of ketones is 1. The summed E-state index contributed by atoms with van der Waals surface area (Å²) in [5.74, 6) is -4.68. The van der Waals surface area contributed by atoms with E-state index in [4.69, 9.17) is 14.2 Å². The van der Waals surface area contributed by atoms with Crippen molar-refractivity contribution in [3.63, 3.8) is 0 Å². The van der Waals surface area contributed by atoms with E-state index in [1.807, 2.05) is 6.92 Å². The molecule has 0 saturated carbocycles. The Kier molecular flexibility index (Phi) is 7.45. The quantitative estimate of drug-likeness (QED) is 0.392. The van der Waals surface area contributed by atoms with Crippen LogP contribution >= 0.6 is 0 Å². The molecule has 0 fully saturated rings. The van der Waals surface area contributed by atoms with Gasteiger partial charge in [-0.25, -0.2) is 9.18 Å². The summed E-state index contributed by atoms with van der Waals surface area (Å²) < 4.78 is 30.4. The Morgan fingerprint density at radius 3 is 2.59 bits per heavy atom. The third kappa shape index (κ3) is 4.46. The van der Waals surface area contributed by atoms with Crippen LogP contribution in [0.1, 0.15) is 38.7 Å². The van der Waals surface area contributed by atoms with Gasteiger partial charge >= 0.3 is 11.9 Å². The average molecular weight is 445 g/mol. The highest BCUT2D eigenvalue weighted by Crippen LogP contribution is 2.45. The van der Waals surface area contributed by atoms with Crippen LogP contribution in [0.25, 0.3) is 0 Å². The number of carbonyl (C=O) groups is 3. The molecule has 32 heavy (non-hydrogen) atoms. The Hall–Kier alpha value is -3.00. The number of rotatable bonds is 7. The Morgan fingerprint density at radius 2 is 1.94 bits per heavy atom. The lowest BCUT2D eigenvalue weighted by Crippen LogP contribution is -2.43. The highest BCUT2D eigenvalue weighted by Gasteiger charge is 2.47. The van der Waals surface area contributed by atoms with E-state index in [1.54, 1.807) is 19.9 Å². The molecule has 1 N–H and O–H groups in total. The van der Waals surface area contributed by atoms with Gasteiger partial charge in [0.25, 0.3) is 0 Å². The van der Waals surface area contributed by atoms with Crippen LogP contribution in [-0.2, 0) is 28.6 Å². The minimum Gasteiger partial charge on any atom is -0.468 e. The second-order valence-electron chi connectivity index (χ2n) is 7.89. The van der Waals surface area contributed by atoms with Crippen LogP contribution in [0.2, 0.25) is 0 Å². The number of dihydropyridines is 1. The summed E-state index contributed by atoms with van der Waals surface area (Å²) in [7, 11) is 1.23. The van der Waals surface area contributed by atoms with Crippen LogP contribution in [-0.4, -0.2) is 44.7 Å². The van der Waals surface area contributed by atoms with Crippen molar-refractivity contribution in [1.29, 1.82) is 0 Å². The van der Waals surface area contributed by atoms with E-state index in [1.165, 1.54) is 25.3 Å². The van der Waals surface area contributed by atoms with Crippen molar-refractivity contribution in [3.05, 3.63) is 58.2 Å². The smallest absolute Gasteiger partial charge is 0.336 e. The fourth-order valence-corrected chi connectivity index (χ4v) is 4.39. The lowest BCUT2D eigenvalue weighted by atomic mass is 9.69. The number of hydrogen-bond donors (Lipinski definition) is 1. The number of halogens is 1. The van der Waals surface area contributed by atoms with Gasteiger partial charge in [-0.2, -0.15) is 0 Å². The molecule has 0 unspecified atom stereocenters. The average Bonchev–Trinajstić information content (AvgIpc) is 2.75. The van der Waals surface area contributed by atoms with Crippen molar-refractivity contribution in [2.45, 2.75) is 33.1 Å². The summed E-state index contributed by atoms with van der Waals surface area (Å²) in [4.78, 5) is 39.0. The molecule has 8 heteroatoms. The number of benzene rings is 1. The van der Waals surface area contributed by atoms with Crippen LogP contribution in [0.5, 0.6) is 0 Å². The number of hydrogen-bond acceptors (Lipinski definition) is 7. The van der Waals surface area contributed by atoms with Gasteiger partial charge < -0.3 is 19.5 Å². The lowest BCUT2D eigenvalue weighted by Gasteiger charge is -2.38. The molecule has 1 heterocycles. The molecule has 0 saturated heterocycles. The van der Waals surface area contributed by atoms with Gasteiger partial charge in [-0.05, 0) is 32.3 Å². The van der Waals surface area contributed by atoms with Gasteiger partial charge in [-0.1, -0.05) is 25.1 Å². The molecule has 0 radical (unpaired) electrons. The normalized spacial score (nSPS) is 22.9. The van der Waals surface area contributed by atoms with E-state index in [-0.39, 0.29) is 35.8 Å². The molecule has 2 aliphatic rings. The van der Waals surface area contributed by atoms with Gasteiger partial charge in [0.05, 0.1) is 25.2 Å². The van der Waals surface area contributed by atoms with E-state index in [9.17, 15) is 18.8 Å². The van der Waals surface area contributed by atoms with Gasteiger partial charge in [0.2, 0.25) is 0 Å². The predicted molar refractivity (Wildman–Crippen MR) is 114 cm³/mol. The Balaban J connectivity index is 2.09. The number of allylic oxidation sites excluding steroid dienone is 3. The fourth-order valence-electron chi connectivity index (χ4n) is 4.39. The van der Waals surface area contributed by atoms with Crippen LogP contribution in [0, 0.1) is 17.7 Å². The van der Waals surface area contributed by atoms with Crippen molar-refractivity contribution in [2.75, 3.05) is 26.9 Å². The molecule has 7 nitrogen and oxygen atoms in total. The van der Waals surface area contributed by atoms with E-state index >= 15 is 0 Å². The van der Waals surface area contributed by atoms with Crippen molar-refractivity contribution in [3.8, 4) is 0 Å². The summed E-state index contributed by atoms with van der Waals surface area (Å²) in [5, 5.41) is 3.14. The number of methoxy groups -OCH3 is 1. The Morgan fingerprint density at radius 1 is 1.22 bits per heavy atom. The summed E-state index contributed by atoms with van der Waals surface area (Å²) in [6.45, 7) is 6.04. The van der Waals surface area contributed by atoms with Crippen LogP contribution < -0.4 is 5.32 Å². The van der Waals surface area contributed by atoms with Crippen LogP contribution in [0.3, 0.4) is 0 Å². The lowest BCUT2D eigenvalue weighted by molar-refractivity contribution is -0.151. The van der Waals surface area contributed by atoms with E-state index < -0.39 is 35.4 Å². The third-order valence-corrected chi connectivity index (χ3v) is 5.84. The molecule has 1 aromatic carbocycles. The van der Waals surface area contributed by atoms with Gasteiger partial charge in [-0.15, -0.1) is 0 Å². The maximum atomic E-state index is 14.9. The molecule has 0 bridgehead atoms. The maximum Gasteiger partial charge on any atom is 0.336 e. The predicted octanol–water partition coefficient (Wildman–Crippen LogP) is 3.02. The summed E-state index contributed by atoms with van der Waals surface area (Å²) >= 11 is 0. The maximum absolute atomic E-state index is 14.9. The molecule has 3 atom stereocenters. The van der Waals surface area contributed by atoms with Gasteiger partial charge in [0.15, 0.2) is 5.78 Å². The molecule has 3 rings (SSSR count). The van der Waals surface area contributed by atoms with Crippen molar-refractivity contribution >= 4 is 17.7 Å². The first-order valence-electron chi connectivity index (χ1n) is 10.6. The number of Topliss-reactive ketones (excluding diaryl/α,β-unsaturated/α-hetero) is 1.